The molecule has 0 saturated carbocycles. The summed E-state index contributed by atoms with van der Waals surface area (Å²) in [7, 11) is 0. The van der Waals surface area contributed by atoms with Crippen LogP contribution in [-0.2, 0) is 6.42 Å². The summed E-state index contributed by atoms with van der Waals surface area (Å²) in [6.45, 7) is 2.17. The fourth-order valence-corrected chi connectivity index (χ4v) is 3.18. The summed E-state index contributed by atoms with van der Waals surface area (Å²) in [6.07, 6.45) is 9.36. The van der Waals surface area contributed by atoms with Gasteiger partial charge < -0.3 is 0 Å². The van der Waals surface area contributed by atoms with Crippen molar-refractivity contribution in [3.63, 3.8) is 0 Å². The number of hydrogen-bond acceptors (Lipinski definition) is 2. The molecular formula is C23H22F4N2. The van der Waals surface area contributed by atoms with Crippen LogP contribution in [0.25, 0.3) is 22.5 Å². The van der Waals surface area contributed by atoms with Gasteiger partial charge in [0.05, 0.1) is 0 Å². The Kier molecular flexibility index (Phi) is 6.96. The monoisotopic (exact) mass is 402 g/mol. The van der Waals surface area contributed by atoms with E-state index in [0.29, 0.717) is 11.1 Å². The molecule has 0 bridgehead atoms. The minimum absolute atomic E-state index is 0.00634. The van der Waals surface area contributed by atoms with E-state index in [9.17, 15) is 17.6 Å². The Hall–Kier alpha value is -2.76. The Morgan fingerprint density at radius 2 is 1.38 bits per heavy atom. The molecule has 0 fully saturated rings. The Balaban J connectivity index is 1.73. The van der Waals surface area contributed by atoms with E-state index in [1.165, 1.54) is 37.7 Å². The van der Waals surface area contributed by atoms with Crippen LogP contribution in [0, 0.1) is 23.3 Å². The van der Waals surface area contributed by atoms with Crippen LogP contribution in [0.4, 0.5) is 17.6 Å². The van der Waals surface area contributed by atoms with E-state index in [2.05, 4.69) is 16.9 Å². The zero-order valence-corrected chi connectivity index (χ0v) is 16.2. The second kappa shape index (κ2) is 9.63. The molecule has 0 aliphatic rings. The zero-order chi connectivity index (χ0) is 20.8. The highest BCUT2D eigenvalue weighted by Gasteiger charge is 2.14. The lowest BCUT2D eigenvalue weighted by molar-refractivity contribution is 0.447. The van der Waals surface area contributed by atoms with Gasteiger partial charge in [-0.3, -0.25) is 0 Å². The highest BCUT2D eigenvalue weighted by Crippen LogP contribution is 2.26. The van der Waals surface area contributed by atoms with Crippen molar-refractivity contribution in [1.29, 1.82) is 0 Å². The molecule has 0 aliphatic heterocycles. The summed E-state index contributed by atoms with van der Waals surface area (Å²) in [5.41, 5.74) is 1.75. The van der Waals surface area contributed by atoms with Crippen molar-refractivity contribution in [3.8, 4) is 22.5 Å². The van der Waals surface area contributed by atoms with Gasteiger partial charge in [0.2, 0.25) is 0 Å². The number of aryl methyl sites for hydroxylation is 1. The van der Waals surface area contributed by atoms with E-state index in [1.807, 2.05) is 6.07 Å². The molecule has 1 heterocycles. The number of hydrogen-bond donors (Lipinski definition) is 0. The summed E-state index contributed by atoms with van der Waals surface area (Å²) < 4.78 is 54.4. The number of nitrogens with zero attached hydrogens (tertiary/aromatic N) is 2. The second-order valence-electron chi connectivity index (χ2n) is 7.03. The number of unbranched alkanes of at least 4 members (excludes halogenated alkanes) is 4. The van der Waals surface area contributed by atoms with Crippen LogP contribution in [0.5, 0.6) is 0 Å². The fourth-order valence-electron chi connectivity index (χ4n) is 3.18. The molecule has 0 spiro atoms. The third-order valence-electron chi connectivity index (χ3n) is 4.81. The maximum absolute atomic E-state index is 14.5. The molecule has 1 aromatic heterocycles. The van der Waals surface area contributed by atoms with Crippen molar-refractivity contribution < 1.29 is 17.6 Å². The zero-order valence-electron chi connectivity index (χ0n) is 16.2. The average molecular weight is 402 g/mol. The smallest absolute Gasteiger partial charge is 0.194 e. The maximum atomic E-state index is 14.5. The quantitative estimate of drug-likeness (QED) is 0.233. The second-order valence-corrected chi connectivity index (χ2v) is 7.03. The van der Waals surface area contributed by atoms with Gasteiger partial charge in [-0.1, -0.05) is 44.7 Å². The van der Waals surface area contributed by atoms with E-state index in [4.69, 9.17) is 0 Å². The van der Waals surface area contributed by atoms with E-state index in [1.54, 1.807) is 6.07 Å². The van der Waals surface area contributed by atoms with E-state index in [0.717, 1.165) is 37.0 Å². The van der Waals surface area contributed by atoms with Gasteiger partial charge >= 0.3 is 0 Å². The van der Waals surface area contributed by atoms with Crippen molar-refractivity contribution in [2.24, 2.45) is 0 Å². The number of aromatic nitrogens is 2. The van der Waals surface area contributed by atoms with Crippen molar-refractivity contribution in [1.82, 2.24) is 9.97 Å². The first-order valence-electron chi connectivity index (χ1n) is 9.75. The van der Waals surface area contributed by atoms with Crippen molar-refractivity contribution in [2.45, 2.75) is 45.4 Å². The summed E-state index contributed by atoms with van der Waals surface area (Å²) in [5, 5.41) is 0. The number of rotatable bonds is 8. The van der Waals surface area contributed by atoms with Crippen LogP contribution in [-0.4, -0.2) is 9.97 Å². The molecular weight excluding hydrogens is 380 g/mol. The minimum atomic E-state index is -1.54. The third kappa shape index (κ3) is 5.19. The molecule has 2 aromatic carbocycles. The lowest BCUT2D eigenvalue weighted by Crippen LogP contribution is -1.96. The number of halogens is 4. The lowest BCUT2D eigenvalue weighted by Gasteiger charge is -2.08. The van der Waals surface area contributed by atoms with Crippen LogP contribution < -0.4 is 0 Å². The summed E-state index contributed by atoms with van der Waals surface area (Å²) in [5.74, 6) is -4.52. The van der Waals surface area contributed by atoms with Crippen molar-refractivity contribution in [3.05, 3.63) is 71.6 Å². The summed E-state index contributed by atoms with van der Waals surface area (Å²) in [6, 6.07) is 6.74. The first kappa shape index (κ1) is 21.0. The highest BCUT2D eigenvalue weighted by atomic mass is 19.2. The van der Waals surface area contributed by atoms with Crippen LogP contribution >= 0.6 is 0 Å². The van der Waals surface area contributed by atoms with Crippen molar-refractivity contribution >= 4 is 0 Å². The first-order valence-corrected chi connectivity index (χ1v) is 9.75. The molecule has 0 saturated heterocycles. The van der Waals surface area contributed by atoms with Gasteiger partial charge in [-0.05, 0) is 36.6 Å². The van der Waals surface area contributed by atoms with Gasteiger partial charge in [0, 0.05) is 29.1 Å². The van der Waals surface area contributed by atoms with E-state index in [-0.39, 0.29) is 17.2 Å². The molecule has 0 amide bonds. The molecule has 152 valence electrons. The Morgan fingerprint density at radius 1 is 0.724 bits per heavy atom. The van der Waals surface area contributed by atoms with Gasteiger partial charge in [-0.2, -0.15) is 0 Å². The molecule has 29 heavy (non-hydrogen) atoms. The molecule has 3 rings (SSSR count). The molecule has 3 aromatic rings. The summed E-state index contributed by atoms with van der Waals surface area (Å²) >= 11 is 0. The van der Waals surface area contributed by atoms with Crippen molar-refractivity contribution in [2.75, 3.05) is 0 Å². The molecule has 2 nitrogen and oxygen atoms in total. The molecule has 0 atom stereocenters. The summed E-state index contributed by atoms with van der Waals surface area (Å²) in [4.78, 5) is 8.09. The molecule has 0 aliphatic carbocycles. The maximum Gasteiger partial charge on any atom is 0.194 e. The fraction of sp³-hybridized carbons (Fsp3) is 0.304. The van der Waals surface area contributed by atoms with Crippen LogP contribution in [0.3, 0.4) is 0 Å². The predicted molar refractivity (Wildman–Crippen MR) is 105 cm³/mol. The standard InChI is InChI=1S/C23H22F4N2/c1-2-3-4-5-6-7-15-8-9-18(19(24)10-15)17-13-28-23(29-14-17)16-11-20(25)22(27)21(26)12-16/h8-14H,2-7H2,1H3. The van der Waals surface area contributed by atoms with E-state index < -0.39 is 17.5 Å². The first-order chi connectivity index (χ1) is 14.0. The molecule has 0 N–H and O–H groups in total. The van der Waals surface area contributed by atoms with Gasteiger partial charge in [0.1, 0.15) is 5.82 Å². The number of benzene rings is 2. The Bertz CT molecular complexity index is 948. The average Bonchev–Trinajstić information content (AvgIpc) is 2.72. The van der Waals surface area contributed by atoms with Gasteiger partial charge in [0.25, 0.3) is 0 Å². The molecule has 0 radical (unpaired) electrons. The van der Waals surface area contributed by atoms with Gasteiger partial charge in [-0.15, -0.1) is 0 Å². The minimum Gasteiger partial charge on any atom is -0.236 e. The van der Waals surface area contributed by atoms with Crippen LogP contribution in [0.2, 0.25) is 0 Å². The Labute approximate surface area is 167 Å². The van der Waals surface area contributed by atoms with E-state index >= 15 is 0 Å². The van der Waals surface area contributed by atoms with Gasteiger partial charge in [-0.25, -0.2) is 27.5 Å². The largest absolute Gasteiger partial charge is 0.236 e. The van der Waals surface area contributed by atoms with Crippen LogP contribution in [0.15, 0.2) is 42.7 Å². The highest BCUT2D eigenvalue weighted by molar-refractivity contribution is 5.64. The topological polar surface area (TPSA) is 25.8 Å². The lowest BCUT2D eigenvalue weighted by atomic mass is 10.0. The SMILES string of the molecule is CCCCCCCc1ccc(-c2cnc(-c3cc(F)c(F)c(F)c3)nc2)c(F)c1. The van der Waals surface area contributed by atoms with Gasteiger partial charge in [0.15, 0.2) is 23.3 Å². The van der Waals surface area contributed by atoms with Crippen LogP contribution in [0.1, 0.15) is 44.6 Å². The Morgan fingerprint density at radius 3 is 2.00 bits per heavy atom. The molecule has 0 unspecified atom stereocenters. The molecule has 6 heteroatoms. The predicted octanol–water partition coefficient (Wildman–Crippen LogP) is 6.88. The normalized spacial score (nSPS) is 11.1. The third-order valence-corrected chi connectivity index (χ3v) is 4.81.